The van der Waals surface area contributed by atoms with Crippen molar-refractivity contribution in [2.75, 3.05) is 12.4 Å². The number of methoxy groups -OCH3 is 1. The van der Waals surface area contributed by atoms with Crippen LogP contribution in [0.3, 0.4) is 0 Å². The number of cyclic esters (lactones) is 1. The molecule has 0 saturated carbocycles. The molecule has 8 heteroatoms. The second-order valence-electron chi connectivity index (χ2n) is 5.87. The minimum absolute atomic E-state index is 0.267. The van der Waals surface area contributed by atoms with Crippen LogP contribution in [0.15, 0.2) is 22.7 Å². The van der Waals surface area contributed by atoms with Crippen LogP contribution in [0.5, 0.6) is 0 Å². The second-order valence-corrected chi connectivity index (χ2v) is 8.01. The van der Waals surface area contributed by atoms with Gasteiger partial charge in [0.25, 0.3) is 5.91 Å². The van der Waals surface area contributed by atoms with Crippen molar-refractivity contribution in [1.82, 2.24) is 0 Å². The van der Waals surface area contributed by atoms with Crippen molar-refractivity contribution in [3.8, 4) is 0 Å². The van der Waals surface area contributed by atoms with Gasteiger partial charge in [0, 0.05) is 15.8 Å². The zero-order valence-electron chi connectivity index (χ0n) is 14.3. The zero-order chi connectivity index (χ0) is 19.0. The molecule has 136 valence electrons. The summed E-state index contributed by atoms with van der Waals surface area (Å²) in [5, 5.41) is 3.11. The normalized spacial score (nSPS) is 15.8. The van der Waals surface area contributed by atoms with Crippen LogP contribution in [-0.2, 0) is 20.7 Å². The van der Waals surface area contributed by atoms with Crippen LogP contribution in [0, 0.1) is 13.8 Å². The van der Waals surface area contributed by atoms with Gasteiger partial charge in [-0.25, -0.2) is 9.59 Å². The third kappa shape index (κ3) is 3.39. The average molecular weight is 438 g/mol. The Balaban J connectivity index is 1.85. The number of anilines is 1. The number of halogens is 1. The maximum Gasteiger partial charge on any atom is 0.341 e. The van der Waals surface area contributed by atoms with Gasteiger partial charge in [0.2, 0.25) is 0 Å². The first-order chi connectivity index (χ1) is 12.3. The van der Waals surface area contributed by atoms with Gasteiger partial charge in [-0.2, -0.15) is 0 Å². The van der Waals surface area contributed by atoms with E-state index in [9.17, 15) is 14.4 Å². The number of carbonyl (C=O) groups is 3. The number of nitrogens with one attached hydrogen (secondary N) is 1. The van der Waals surface area contributed by atoms with Gasteiger partial charge in [0.1, 0.15) is 5.00 Å². The number of esters is 2. The fourth-order valence-corrected chi connectivity index (χ4v) is 4.23. The third-order valence-electron chi connectivity index (χ3n) is 4.25. The van der Waals surface area contributed by atoms with E-state index >= 15 is 0 Å². The van der Waals surface area contributed by atoms with Crippen molar-refractivity contribution in [3.05, 3.63) is 49.8 Å². The molecule has 3 rings (SSSR count). The van der Waals surface area contributed by atoms with E-state index in [1.807, 2.05) is 6.92 Å². The van der Waals surface area contributed by atoms with E-state index in [2.05, 4.69) is 21.2 Å². The molecular formula is C18H16BrNO5S. The fraction of sp³-hybridized carbons (Fsp3) is 0.278. The lowest BCUT2D eigenvalue weighted by atomic mass is 9.98. The summed E-state index contributed by atoms with van der Waals surface area (Å²) in [7, 11) is 1.29. The number of hydrogen-bond donors (Lipinski definition) is 1. The minimum Gasteiger partial charge on any atom is -0.465 e. The van der Waals surface area contributed by atoms with E-state index in [4.69, 9.17) is 9.47 Å². The maximum absolute atomic E-state index is 12.6. The molecule has 1 atom stereocenters. The van der Waals surface area contributed by atoms with Crippen molar-refractivity contribution < 1.29 is 23.9 Å². The number of hydrogen-bond acceptors (Lipinski definition) is 6. The lowest BCUT2D eigenvalue weighted by molar-refractivity contribution is -0.125. The molecule has 26 heavy (non-hydrogen) atoms. The first kappa shape index (κ1) is 18.6. The summed E-state index contributed by atoms with van der Waals surface area (Å²) in [5.74, 6) is -1.53. The number of carbonyl (C=O) groups excluding carboxylic acids is 3. The number of aryl methyl sites for hydroxylation is 1. The molecule has 2 heterocycles. The van der Waals surface area contributed by atoms with Crippen LogP contribution in [0.4, 0.5) is 5.00 Å². The molecule has 1 aliphatic rings. The Morgan fingerprint density at radius 1 is 1.35 bits per heavy atom. The van der Waals surface area contributed by atoms with E-state index in [-0.39, 0.29) is 6.42 Å². The Morgan fingerprint density at radius 2 is 2.08 bits per heavy atom. The zero-order valence-corrected chi connectivity index (χ0v) is 16.7. The van der Waals surface area contributed by atoms with E-state index < -0.39 is 23.9 Å². The number of fused-ring (bicyclic) bond motifs is 1. The van der Waals surface area contributed by atoms with Crippen LogP contribution in [0.1, 0.15) is 36.7 Å². The van der Waals surface area contributed by atoms with Gasteiger partial charge in [-0.1, -0.05) is 15.9 Å². The van der Waals surface area contributed by atoms with Gasteiger partial charge in [-0.15, -0.1) is 11.3 Å². The molecule has 1 amide bonds. The Bertz CT molecular complexity index is 921. The number of ether oxygens (including phenoxy) is 2. The predicted octanol–water partition coefficient (Wildman–Crippen LogP) is 3.63. The smallest absolute Gasteiger partial charge is 0.341 e. The van der Waals surface area contributed by atoms with Crippen molar-refractivity contribution in [2.45, 2.75) is 26.4 Å². The van der Waals surface area contributed by atoms with Crippen molar-refractivity contribution >= 4 is 50.1 Å². The van der Waals surface area contributed by atoms with E-state index in [0.717, 1.165) is 20.5 Å². The summed E-state index contributed by atoms with van der Waals surface area (Å²) in [4.78, 5) is 37.7. The Kier molecular flexibility index (Phi) is 5.15. The molecule has 0 bridgehead atoms. The Morgan fingerprint density at radius 3 is 2.77 bits per heavy atom. The molecule has 1 N–H and O–H groups in total. The monoisotopic (exact) mass is 437 g/mol. The van der Waals surface area contributed by atoms with Gasteiger partial charge in [0.05, 0.1) is 18.2 Å². The average Bonchev–Trinajstić information content (AvgIpc) is 2.87. The van der Waals surface area contributed by atoms with Crippen LogP contribution in [-0.4, -0.2) is 31.1 Å². The number of thiophene rings is 1. The summed E-state index contributed by atoms with van der Waals surface area (Å²) in [6, 6.07) is 5.22. The molecule has 0 fully saturated rings. The molecule has 1 aliphatic heterocycles. The topological polar surface area (TPSA) is 81.7 Å². The maximum atomic E-state index is 12.6. The van der Waals surface area contributed by atoms with E-state index in [1.54, 1.807) is 25.1 Å². The highest BCUT2D eigenvalue weighted by Crippen LogP contribution is 2.33. The van der Waals surface area contributed by atoms with Crippen molar-refractivity contribution in [2.24, 2.45) is 0 Å². The molecule has 0 saturated heterocycles. The number of benzene rings is 1. The molecule has 0 spiro atoms. The molecule has 6 nitrogen and oxygen atoms in total. The van der Waals surface area contributed by atoms with Gasteiger partial charge in [-0.05, 0) is 43.2 Å². The van der Waals surface area contributed by atoms with Crippen LogP contribution < -0.4 is 5.32 Å². The molecule has 1 unspecified atom stereocenters. The molecule has 2 aromatic rings. The quantitative estimate of drug-likeness (QED) is 0.741. The number of amides is 1. The highest BCUT2D eigenvalue weighted by molar-refractivity contribution is 9.10. The van der Waals surface area contributed by atoms with Crippen LogP contribution in [0.2, 0.25) is 0 Å². The van der Waals surface area contributed by atoms with Crippen LogP contribution >= 0.6 is 27.3 Å². The summed E-state index contributed by atoms with van der Waals surface area (Å²) in [6.45, 7) is 3.65. The molecule has 0 aliphatic carbocycles. The summed E-state index contributed by atoms with van der Waals surface area (Å²) in [5.41, 5.74) is 2.28. The summed E-state index contributed by atoms with van der Waals surface area (Å²) < 4.78 is 10.9. The highest BCUT2D eigenvalue weighted by Gasteiger charge is 2.32. The van der Waals surface area contributed by atoms with Gasteiger partial charge in [0.15, 0.2) is 6.10 Å². The molecule has 1 aromatic carbocycles. The predicted molar refractivity (Wildman–Crippen MR) is 101 cm³/mol. The lowest BCUT2D eigenvalue weighted by Gasteiger charge is -2.24. The van der Waals surface area contributed by atoms with E-state index in [0.29, 0.717) is 16.1 Å². The SMILES string of the molecule is COC(=O)c1c(NC(=O)C2Cc3cc(Br)ccc3C(=O)O2)sc(C)c1C. The molecule has 1 aromatic heterocycles. The Labute approximate surface area is 162 Å². The first-order valence-corrected chi connectivity index (χ1v) is 9.41. The minimum atomic E-state index is -0.961. The fourth-order valence-electron chi connectivity index (χ4n) is 2.77. The van der Waals surface area contributed by atoms with Gasteiger partial charge in [-0.3, -0.25) is 4.79 Å². The van der Waals surface area contributed by atoms with E-state index in [1.165, 1.54) is 18.4 Å². The highest BCUT2D eigenvalue weighted by atomic mass is 79.9. The lowest BCUT2D eigenvalue weighted by Crippen LogP contribution is -2.38. The van der Waals surface area contributed by atoms with Gasteiger partial charge >= 0.3 is 11.9 Å². The second kappa shape index (κ2) is 7.20. The van der Waals surface area contributed by atoms with Gasteiger partial charge < -0.3 is 14.8 Å². The Hall–Kier alpha value is -2.19. The summed E-state index contributed by atoms with van der Waals surface area (Å²) in [6.07, 6.45) is -0.694. The van der Waals surface area contributed by atoms with Crippen molar-refractivity contribution in [1.29, 1.82) is 0 Å². The van der Waals surface area contributed by atoms with Crippen LogP contribution in [0.25, 0.3) is 0 Å². The molecule has 0 radical (unpaired) electrons. The third-order valence-corrected chi connectivity index (χ3v) is 5.86. The molecular weight excluding hydrogens is 422 g/mol. The largest absolute Gasteiger partial charge is 0.465 e. The first-order valence-electron chi connectivity index (χ1n) is 7.80. The van der Waals surface area contributed by atoms with Crippen molar-refractivity contribution in [3.63, 3.8) is 0 Å². The standard InChI is InChI=1S/C18H16BrNO5S/c1-8-9(2)26-16(14(8)18(23)24-3)20-15(21)13-7-10-6-11(19)4-5-12(10)17(22)25-13/h4-6,13H,7H2,1-3H3,(H,20,21). The summed E-state index contributed by atoms with van der Waals surface area (Å²) >= 11 is 4.65. The number of rotatable bonds is 3.